The molecule has 1 fully saturated rings. The molecule has 4 nitrogen and oxygen atoms in total. The molecule has 18 heavy (non-hydrogen) atoms. The van der Waals surface area contributed by atoms with E-state index in [2.05, 4.69) is 40.3 Å². The number of nitrogens with zero attached hydrogens (tertiary/aromatic N) is 3. The van der Waals surface area contributed by atoms with Crippen LogP contribution >= 0.6 is 11.5 Å². The van der Waals surface area contributed by atoms with Crippen LogP contribution in [-0.2, 0) is 6.42 Å². The lowest BCUT2D eigenvalue weighted by Crippen LogP contribution is -2.37. The molecule has 1 aliphatic heterocycles. The number of aromatic nitrogens is 2. The Morgan fingerprint density at radius 1 is 1.50 bits per heavy atom. The molecule has 1 N–H and O–H groups in total. The van der Waals surface area contributed by atoms with Crippen LogP contribution in [0.25, 0.3) is 0 Å². The maximum atomic E-state index is 4.45. The van der Waals surface area contributed by atoms with Crippen molar-refractivity contribution in [3.63, 3.8) is 0 Å². The van der Waals surface area contributed by atoms with Gasteiger partial charge in [0.05, 0.1) is 0 Å². The average molecular weight is 268 g/mol. The summed E-state index contributed by atoms with van der Waals surface area (Å²) in [6, 6.07) is 0.668. The Kier molecular flexibility index (Phi) is 4.95. The molecule has 1 atom stereocenters. The molecule has 0 spiro atoms. The van der Waals surface area contributed by atoms with Crippen LogP contribution in [0.15, 0.2) is 0 Å². The van der Waals surface area contributed by atoms with Gasteiger partial charge in [0.2, 0.25) is 5.13 Å². The number of rotatable bonds is 6. The van der Waals surface area contributed by atoms with E-state index in [1.54, 1.807) is 0 Å². The van der Waals surface area contributed by atoms with Crippen LogP contribution in [0.1, 0.15) is 39.4 Å². The number of likely N-dealkylation sites (tertiary alicyclic amines) is 1. The Morgan fingerprint density at radius 3 is 3.00 bits per heavy atom. The molecule has 0 radical (unpaired) electrons. The molecule has 0 saturated carbocycles. The van der Waals surface area contributed by atoms with Gasteiger partial charge in [0.15, 0.2) is 0 Å². The van der Waals surface area contributed by atoms with Gasteiger partial charge in [-0.1, -0.05) is 20.8 Å². The first-order valence-electron chi connectivity index (χ1n) is 6.99. The topological polar surface area (TPSA) is 41.1 Å². The summed E-state index contributed by atoms with van der Waals surface area (Å²) in [6.45, 7) is 10.1. The average Bonchev–Trinajstić information content (AvgIpc) is 2.94. The maximum Gasteiger partial charge on any atom is 0.202 e. The molecule has 5 heteroatoms. The van der Waals surface area contributed by atoms with E-state index in [1.165, 1.54) is 37.5 Å². The third-order valence-corrected chi connectivity index (χ3v) is 4.08. The summed E-state index contributed by atoms with van der Waals surface area (Å²) in [5, 5.41) is 4.42. The largest absolute Gasteiger partial charge is 0.359 e. The Morgan fingerprint density at radius 2 is 2.33 bits per heavy atom. The minimum atomic E-state index is 0.668. The highest BCUT2D eigenvalue weighted by Crippen LogP contribution is 2.20. The van der Waals surface area contributed by atoms with Crippen molar-refractivity contribution in [2.24, 2.45) is 5.92 Å². The van der Waals surface area contributed by atoms with E-state index in [0.717, 1.165) is 29.8 Å². The first-order chi connectivity index (χ1) is 8.69. The molecule has 1 aliphatic rings. The number of nitrogens with one attached hydrogen (secondary N) is 1. The summed E-state index contributed by atoms with van der Waals surface area (Å²) >= 11 is 1.48. The Balaban J connectivity index is 1.81. The van der Waals surface area contributed by atoms with Crippen LogP contribution in [0.5, 0.6) is 0 Å². The summed E-state index contributed by atoms with van der Waals surface area (Å²) < 4.78 is 4.30. The highest BCUT2D eigenvalue weighted by Gasteiger charge is 2.24. The van der Waals surface area contributed by atoms with Crippen molar-refractivity contribution in [3.05, 3.63) is 5.82 Å². The number of anilines is 1. The zero-order valence-corrected chi connectivity index (χ0v) is 12.5. The molecule has 0 amide bonds. The van der Waals surface area contributed by atoms with E-state index < -0.39 is 0 Å². The Hall–Kier alpha value is -0.680. The molecule has 1 aromatic heterocycles. The fourth-order valence-corrected chi connectivity index (χ4v) is 3.17. The van der Waals surface area contributed by atoms with Crippen LogP contribution < -0.4 is 5.32 Å². The van der Waals surface area contributed by atoms with Gasteiger partial charge >= 0.3 is 0 Å². The van der Waals surface area contributed by atoms with E-state index in [9.17, 15) is 0 Å². The smallest absolute Gasteiger partial charge is 0.202 e. The SMILES string of the molecule is CCc1nsc(NC[C@H]2CCCN2CC(C)C)n1. The second-order valence-corrected chi connectivity index (χ2v) is 6.19. The number of hydrogen-bond donors (Lipinski definition) is 1. The maximum absolute atomic E-state index is 4.45. The van der Waals surface area contributed by atoms with Crippen molar-refractivity contribution < 1.29 is 0 Å². The van der Waals surface area contributed by atoms with E-state index in [-0.39, 0.29) is 0 Å². The third kappa shape index (κ3) is 3.65. The van der Waals surface area contributed by atoms with Gasteiger partial charge in [-0.05, 0) is 25.3 Å². The molecule has 1 aromatic rings. The zero-order chi connectivity index (χ0) is 13.0. The molecular formula is C13H24N4S. The second-order valence-electron chi connectivity index (χ2n) is 5.44. The minimum Gasteiger partial charge on any atom is -0.359 e. The van der Waals surface area contributed by atoms with Crippen molar-refractivity contribution in [1.82, 2.24) is 14.3 Å². The van der Waals surface area contributed by atoms with Gasteiger partial charge < -0.3 is 5.32 Å². The Bertz CT molecular complexity index is 364. The molecule has 0 bridgehead atoms. The van der Waals surface area contributed by atoms with E-state index in [1.807, 2.05) is 0 Å². The number of aryl methyl sites for hydroxylation is 1. The minimum absolute atomic E-state index is 0.668. The van der Waals surface area contributed by atoms with Gasteiger partial charge in [0.1, 0.15) is 5.82 Å². The van der Waals surface area contributed by atoms with Crippen LogP contribution in [0.2, 0.25) is 0 Å². The predicted molar refractivity (Wildman–Crippen MR) is 77.2 cm³/mol. The van der Waals surface area contributed by atoms with Gasteiger partial charge in [0.25, 0.3) is 0 Å². The standard InChI is InChI=1S/C13H24N4S/c1-4-12-15-13(18-16-12)14-8-11-6-5-7-17(11)9-10(2)3/h10-11H,4-9H2,1-3H3,(H,14,15,16)/t11-/m1/s1. The first-order valence-corrected chi connectivity index (χ1v) is 7.77. The van der Waals surface area contributed by atoms with Crippen LogP contribution in [0, 0.1) is 5.92 Å². The summed E-state index contributed by atoms with van der Waals surface area (Å²) in [6.07, 6.45) is 3.55. The molecule has 2 heterocycles. The van der Waals surface area contributed by atoms with Gasteiger partial charge in [-0.15, -0.1) is 0 Å². The van der Waals surface area contributed by atoms with E-state index in [4.69, 9.17) is 0 Å². The van der Waals surface area contributed by atoms with Crippen molar-refractivity contribution in [1.29, 1.82) is 0 Å². The van der Waals surface area contributed by atoms with Crippen molar-refractivity contribution >= 4 is 16.7 Å². The fourth-order valence-electron chi connectivity index (χ4n) is 2.51. The predicted octanol–water partition coefficient (Wildman–Crippen LogP) is 2.63. The molecule has 0 aliphatic carbocycles. The highest BCUT2D eigenvalue weighted by molar-refractivity contribution is 7.09. The van der Waals surface area contributed by atoms with Crippen molar-refractivity contribution in [3.8, 4) is 0 Å². The Labute approximate surface area is 114 Å². The van der Waals surface area contributed by atoms with Gasteiger partial charge in [-0.25, -0.2) is 4.98 Å². The summed E-state index contributed by atoms with van der Waals surface area (Å²) in [5.74, 6) is 1.70. The first kappa shape index (κ1) is 13.7. The molecule has 1 saturated heterocycles. The zero-order valence-electron chi connectivity index (χ0n) is 11.6. The highest BCUT2D eigenvalue weighted by atomic mass is 32.1. The lowest BCUT2D eigenvalue weighted by atomic mass is 10.1. The van der Waals surface area contributed by atoms with E-state index in [0.29, 0.717) is 6.04 Å². The lowest BCUT2D eigenvalue weighted by molar-refractivity contribution is 0.234. The monoisotopic (exact) mass is 268 g/mol. The van der Waals surface area contributed by atoms with Gasteiger partial charge in [-0.2, -0.15) is 4.37 Å². The summed E-state index contributed by atoms with van der Waals surface area (Å²) in [4.78, 5) is 7.06. The van der Waals surface area contributed by atoms with E-state index >= 15 is 0 Å². The van der Waals surface area contributed by atoms with Crippen LogP contribution in [0.3, 0.4) is 0 Å². The normalized spacial score (nSPS) is 20.8. The third-order valence-electron chi connectivity index (χ3n) is 3.37. The number of hydrogen-bond acceptors (Lipinski definition) is 5. The molecular weight excluding hydrogens is 244 g/mol. The van der Waals surface area contributed by atoms with Crippen molar-refractivity contribution in [2.45, 2.75) is 46.1 Å². The summed E-state index contributed by atoms with van der Waals surface area (Å²) in [7, 11) is 0. The molecule has 2 rings (SSSR count). The molecule has 0 unspecified atom stereocenters. The van der Waals surface area contributed by atoms with Gasteiger partial charge in [0, 0.05) is 37.1 Å². The molecule has 0 aromatic carbocycles. The second kappa shape index (κ2) is 6.48. The quantitative estimate of drug-likeness (QED) is 0.861. The summed E-state index contributed by atoms with van der Waals surface area (Å²) in [5.41, 5.74) is 0. The molecule has 102 valence electrons. The van der Waals surface area contributed by atoms with Crippen LogP contribution in [0.4, 0.5) is 5.13 Å². The van der Waals surface area contributed by atoms with Gasteiger partial charge in [-0.3, -0.25) is 4.90 Å². The van der Waals surface area contributed by atoms with Crippen molar-refractivity contribution in [2.75, 3.05) is 25.0 Å². The lowest BCUT2D eigenvalue weighted by Gasteiger charge is -2.26. The fraction of sp³-hybridized carbons (Fsp3) is 0.846. The van der Waals surface area contributed by atoms with Crippen LogP contribution in [-0.4, -0.2) is 39.9 Å².